The Balaban J connectivity index is 1.26. The fourth-order valence-electron chi connectivity index (χ4n) is 6.18. The molecule has 5 nitrogen and oxygen atoms in total. The number of fused-ring (bicyclic) bond motifs is 8. The highest BCUT2D eigenvalue weighted by atomic mass is 32.1. The number of nitrogens with two attached hydrogens (primary N) is 3. The van der Waals surface area contributed by atoms with Crippen molar-refractivity contribution in [3.63, 3.8) is 0 Å². The molecule has 0 atom stereocenters. The van der Waals surface area contributed by atoms with Crippen molar-refractivity contribution in [2.24, 2.45) is 21.9 Å². The number of benzene rings is 3. The van der Waals surface area contributed by atoms with Crippen LogP contribution in [0.15, 0.2) is 83.0 Å². The molecule has 0 saturated carbocycles. The molecule has 6 N–H and O–H groups in total. The van der Waals surface area contributed by atoms with Crippen LogP contribution in [0, 0.1) is 6.92 Å². The van der Waals surface area contributed by atoms with Crippen molar-refractivity contribution >= 4 is 113 Å². The van der Waals surface area contributed by atoms with Gasteiger partial charge in [0.15, 0.2) is 0 Å². The van der Waals surface area contributed by atoms with Gasteiger partial charge in [-0.25, -0.2) is 0 Å². The summed E-state index contributed by atoms with van der Waals surface area (Å²) in [5, 5.41) is 19.3. The van der Waals surface area contributed by atoms with Crippen molar-refractivity contribution in [1.29, 1.82) is 0 Å². The number of hydrogen-bond acceptors (Lipinski definition) is 9. The van der Waals surface area contributed by atoms with E-state index in [0.29, 0.717) is 0 Å². The van der Waals surface area contributed by atoms with Crippen molar-refractivity contribution in [2.75, 3.05) is 5.73 Å². The quantitative estimate of drug-likeness (QED) is 0.103. The number of rotatable bonds is 2. The number of nitrogens with zero attached hydrogens (tertiary/aromatic N) is 2. The lowest BCUT2D eigenvalue weighted by Gasteiger charge is -1.96. The second kappa shape index (κ2) is 8.62. The van der Waals surface area contributed by atoms with Crippen LogP contribution in [0.3, 0.4) is 0 Å². The van der Waals surface area contributed by atoms with Crippen molar-refractivity contribution in [1.82, 2.24) is 0 Å². The fourth-order valence-corrected chi connectivity index (χ4v) is 10.8. The number of anilines is 1. The average Bonchev–Trinajstić information content (AvgIpc) is 3.80. The molecule has 0 spiro atoms. The zero-order valence-corrected chi connectivity index (χ0v) is 25.5. The molecule has 0 fully saturated rings. The molecule has 5 aromatic carbocycles. The Hall–Kier alpha value is -4.28. The molecule has 0 unspecified atom stereocenters. The van der Waals surface area contributed by atoms with Gasteiger partial charge in [0, 0.05) is 76.3 Å². The summed E-state index contributed by atoms with van der Waals surface area (Å²) in [7, 11) is 0. The third-order valence-electron chi connectivity index (χ3n) is 8.09. The number of nitrogen functional groups attached to an aromatic ring is 1. The maximum absolute atomic E-state index is 6.06. The predicted molar refractivity (Wildman–Crippen MR) is 185 cm³/mol. The minimum Gasteiger partial charge on any atom is -0.399 e. The summed E-state index contributed by atoms with van der Waals surface area (Å²) < 4.78 is 4.89. The van der Waals surface area contributed by atoms with Crippen LogP contribution in [0.4, 0.5) is 5.69 Å². The lowest BCUT2D eigenvalue weighted by Crippen LogP contribution is -2.04. The van der Waals surface area contributed by atoms with Gasteiger partial charge in [0.05, 0.1) is 10.7 Å². The molecular weight excluding hydrogens is 595 g/mol. The van der Waals surface area contributed by atoms with Gasteiger partial charge in [-0.3, -0.25) is 0 Å². The number of thiophene rings is 4. The average molecular weight is 616 g/mol. The third kappa shape index (κ3) is 3.33. The summed E-state index contributed by atoms with van der Waals surface area (Å²) in [6.45, 7) is 2.13. The second-order valence-electron chi connectivity index (χ2n) is 10.7. The van der Waals surface area contributed by atoms with E-state index in [-0.39, 0.29) is 0 Å². The molecule has 9 aromatic rings. The Morgan fingerprint density at radius 2 is 1.00 bits per heavy atom. The topological polar surface area (TPSA) is 103 Å². The van der Waals surface area contributed by atoms with E-state index in [1.165, 1.54) is 49.3 Å². The molecule has 0 saturated heterocycles. The molecule has 0 bridgehead atoms. The van der Waals surface area contributed by atoms with E-state index in [1.807, 2.05) is 23.5 Å². The Labute approximate surface area is 254 Å². The smallest absolute Gasteiger partial charge is 0.0993 e. The lowest BCUT2D eigenvalue weighted by molar-refractivity contribution is 1.17. The Kier molecular flexibility index (Phi) is 4.99. The Bertz CT molecular complexity index is 2500. The minimum absolute atomic E-state index is 0.776. The maximum atomic E-state index is 6.06. The van der Waals surface area contributed by atoms with Gasteiger partial charge in [-0.1, -0.05) is 17.7 Å². The molecule has 4 heterocycles. The maximum Gasteiger partial charge on any atom is 0.0993 e. The summed E-state index contributed by atoms with van der Waals surface area (Å²) in [4.78, 5) is 4.90. The Morgan fingerprint density at radius 1 is 0.500 bits per heavy atom. The van der Waals surface area contributed by atoms with Crippen molar-refractivity contribution in [3.8, 4) is 19.5 Å². The molecule has 42 heavy (non-hydrogen) atoms. The standard InChI is InChI=1S/C33H21N5S4/c1-14-2-4-24-15(6-14)8-26(39-24)28-12-22-30(37-35)18-11-21-19(10-20(18)32(22)41-28)31(38-36)23-13-29(42-33(21)23)27-9-16-7-17(34)3-5-25(16)40-27/h2-13H,34-36H2,1H3/b37-30-,38-31-. The second-order valence-corrected chi connectivity index (χ2v) is 14.9. The largest absolute Gasteiger partial charge is 0.399 e. The predicted octanol–water partition coefficient (Wildman–Crippen LogP) is 8.50. The van der Waals surface area contributed by atoms with Gasteiger partial charge < -0.3 is 17.4 Å². The molecule has 202 valence electrons. The summed E-state index contributed by atoms with van der Waals surface area (Å²) in [6.07, 6.45) is 0. The van der Waals surface area contributed by atoms with E-state index < -0.39 is 0 Å². The third-order valence-corrected chi connectivity index (χ3v) is 13.0. The van der Waals surface area contributed by atoms with Crippen LogP contribution >= 0.6 is 45.3 Å². The van der Waals surface area contributed by atoms with E-state index in [1.54, 1.807) is 34.0 Å². The zero-order chi connectivity index (χ0) is 28.3. The molecular formula is C33H21N5S4. The summed E-state index contributed by atoms with van der Waals surface area (Å²) >= 11 is 7.17. The van der Waals surface area contributed by atoms with E-state index in [2.05, 4.69) is 77.8 Å². The molecule has 0 aliphatic heterocycles. The lowest BCUT2D eigenvalue weighted by atomic mass is 10.1. The minimum atomic E-state index is 0.776. The zero-order valence-electron chi connectivity index (χ0n) is 22.2. The first-order valence-corrected chi connectivity index (χ1v) is 16.6. The molecule has 4 aromatic heterocycles. The first kappa shape index (κ1) is 24.3. The van der Waals surface area contributed by atoms with Gasteiger partial charge in [-0.15, -0.1) is 45.3 Å². The highest BCUT2D eigenvalue weighted by Crippen LogP contribution is 2.45. The van der Waals surface area contributed by atoms with Crippen LogP contribution < -0.4 is 28.1 Å². The molecule has 9 rings (SSSR count). The summed E-state index contributed by atoms with van der Waals surface area (Å²) in [6, 6.07) is 26.1. The van der Waals surface area contributed by atoms with E-state index in [4.69, 9.17) is 17.4 Å². The first-order valence-electron chi connectivity index (χ1n) is 13.3. The van der Waals surface area contributed by atoms with Gasteiger partial charge in [-0.2, -0.15) is 10.2 Å². The van der Waals surface area contributed by atoms with Crippen LogP contribution in [0.5, 0.6) is 0 Å². The fraction of sp³-hybridized carbons (Fsp3) is 0.0303. The van der Waals surface area contributed by atoms with Crippen molar-refractivity contribution in [2.45, 2.75) is 6.92 Å². The Morgan fingerprint density at radius 3 is 1.55 bits per heavy atom. The molecule has 0 radical (unpaired) electrons. The van der Waals surface area contributed by atoms with Crippen LogP contribution in [-0.4, -0.2) is 0 Å². The van der Waals surface area contributed by atoms with E-state index in [0.717, 1.165) is 54.1 Å². The van der Waals surface area contributed by atoms with Gasteiger partial charge >= 0.3 is 0 Å². The van der Waals surface area contributed by atoms with Crippen LogP contribution in [0.2, 0.25) is 0 Å². The number of aryl methyl sites for hydroxylation is 1. The van der Waals surface area contributed by atoms with Crippen molar-refractivity contribution < 1.29 is 0 Å². The van der Waals surface area contributed by atoms with E-state index >= 15 is 0 Å². The van der Waals surface area contributed by atoms with Crippen molar-refractivity contribution in [3.05, 3.63) is 89.1 Å². The van der Waals surface area contributed by atoms with E-state index in [9.17, 15) is 0 Å². The van der Waals surface area contributed by atoms with Gasteiger partial charge in [0.1, 0.15) is 0 Å². The SMILES string of the molecule is Cc1ccc2sc(-c3cc4/c(=N\N)c5cc6c(cc5c4s3)/c(=N/N)c3cc(-c4cc5cc(N)ccc5s4)sc36)cc2c1. The van der Waals surface area contributed by atoms with Gasteiger partial charge in [0.2, 0.25) is 0 Å². The molecule has 0 aliphatic carbocycles. The highest BCUT2D eigenvalue weighted by molar-refractivity contribution is 7.29. The van der Waals surface area contributed by atoms with Crippen LogP contribution in [-0.2, 0) is 0 Å². The summed E-state index contributed by atoms with van der Waals surface area (Å²) in [5.41, 5.74) is 8.08. The monoisotopic (exact) mass is 615 g/mol. The molecule has 9 heteroatoms. The molecule has 0 amide bonds. The highest BCUT2D eigenvalue weighted by Gasteiger charge is 2.20. The molecule has 0 aliphatic rings. The summed E-state index contributed by atoms with van der Waals surface area (Å²) in [5.74, 6) is 12.1. The first-order chi connectivity index (χ1) is 20.5. The van der Waals surface area contributed by atoms with Crippen LogP contribution in [0.25, 0.3) is 81.4 Å². The normalized spacial score (nSPS) is 13.5. The van der Waals surface area contributed by atoms with Crippen LogP contribution in [0.1, 0.15) is 5.56 Å². The van der Waals surface area contributed by atoms with Gasteiger partial charge in [-0.05, 0) is 78.4 Å². The number of hydrogen-bond donors (Lipinski definition) is 3. The van der Waals surface area contributed by atoms with Gasteiger partial charge in [0.25, 0.3) is 0 Å².